The van der Waals surface area contributed by atoms with Crippen LogP contribution in [0.4, 0.5) is 14.9 Å². The van der Waals surface area contributed by atoms with Gasteiger partial charge in [-0.2, -0.15) is 0 Å². The summed E-state index contributed by atoms with van der Waals surface area (Å²) in [7, 11) is 0. The van der Waals surface area contributed by atoms with Gasteiger partial charge in [-0.05, 0) is 37.5 Å². The summed E-state index contributed by atoms with van der Waals surface area (Å²) in [4.78, 5) is 22.4. The molecular weight excluding hydrogens is 279 g/mol. The number of nitrogens with one attached hydrogen (secondary N) is 2. The molecule has 1 atom stereocenters. The number of halogens is 1. The van der Waals surface area contributed by atoms with Crippen LogP contribution in [0.1, 0.15) is 29.6 Å². The van der Waals surface area contributed by atoms with Crippen LogP contribution >= 0.6 is 0 Å². The molecule has 2 amide bonds. The molecule has 1 aromatic carbocycles. The number of hydrogen-bond donors (Lipinski definition) is 3. The van der Waals surface area contributed by atoms with Crippen LogP contribution in [0, 0.1) is 5.82 Å². The Bertz CT molecular complexity index is 530. The van der Waals surface area contributed by atoms with Gasteiger partial charge in [-0.3, -0.25) is 0 Å². The maximum absolute atomic E-state index is 13.2. The van der Waals surface area contributed by atoms with E-state index in [1.807, 2.05) is 0 Å². The van der Waals surface area contributed by atoms with E-state index < -0.39 is 23.4 Å². The van der Waals surface area contributed by atoms with Crippen molar-refractivity contribution in [2.24, 2.45) is 0 Å². The summed E-state index contributed by atoms with van der Waals surface area (Å²) in [5, 5.41) is 13.9. The van der Waals surface area contributed by atoms with Crippen molar-refractivity contribution in [1.82, 2.24) is 5.32 Å². The fraction of sp³-hybridized carbons (Fsp3) is 0.429. The predicted octanol–water partition coefficient (Wildman–Crippen LogP) is 2.21. The van der Waals surface area contributed by atoms with Crippen molar-refractivity contribution in [3.8, 4) is 0 Å². The molecule has 1 fully saturated rings. The lowest BCUT2D eigenvalue weighted by Gasteiger charge is -2.11. The van der Waals surface area contributed by atoms with E-state index in [1.54, 1.807) is 0 Å². The quantitative estimate of drug-likeness (QED) is 0.777. The number of carbonyl (C=O) groups is 2. The molecule has 6 nitrogen and oxygen atoms in total. The molecule has 0 radical (unpaired) electrons. The van der Waals surface area contributed by atoms with E-state index in [9.17, 15) is 14.0 Å². The van der Waals surface area contributed by atoms with Crippen molar-refractivity contribution >= 4 is 17.7 Å². The first kappa shape index (κ1) is 15.2. The summed E-state index contributed by atoms with van der Waals surface area (Å²) in [6.45, 7) is 1.23. The zero-order valence-corrected chi connectivity index (χ0v) is 11.4. The van der Waals surface area contributed by atoms with Crippen LogP contribution in [0.5, 0.6) is 0 Å². The number of amides is 2. The van der Waals surface area contributed by atoms with Crippen LogP contribution in [-0.2, 0) is 4.74 Å². The second kappa shape index (κ2) is 7.03. The summed E-state index contributed by atoms with van der Waals surface area (Å²) in [6, 6.07) is 2.93. The Morgan fingerprint density at radius 1 is 1.43 bits per heavy atom. The van der Waals surface area contributed by atoms with Crippen molar-refractivity contribution < 1.29 is 23.8 Å². The van der Waals surface area contributed by atoms with Crippen LogP contribution in [0.3, 0.4) is 0 Å². The Hall–Kier alpha value is -2.15. The number of carboxylic acid groups (broad SMARTS) is 1. The zero-order valence-electron chi connectivity index (χ0n) is 11.4. The largest absolute Gasteiger partial charge is 0.478 e. The van der Waals surface area contributed by atoms with Gasteiger partial charge >= 0.3 is 12.0 Å². The molecule has 1 aromatic rings. The van der Waals surface area contributed by atoms with Crippen molar-refractivity contribution in [2.45, 2.75) is 25.4 Å². The Morgan fingerprint density at radius 3 is 2.90 bits per heavy atom. The van der Waals surface area contributed by atoms with Crippen molar-refractivity contribution in [1.29, 1.82) is 0 Å². The number of aromatic carboxylic acids is 1. The summed E-state index contributed by atoms with van der Waals surface area (Å²) in [5.74, 6) is -2.22. The van der Waals surface area contributed by atoms with Crippen molar-refractivity contribution in [2.75, 3.05) is 18.5 Å². The van der Waals surface area contributed by atoms with E-state index in [4.69, 9.17) is 9.84 Å². The molecule has 1 heterocycles. The second-order valence-corrected chi connectivity index (χ2v) is 4.80. The summed E-state index contributed by atoms with van der Waals surface area (Å²) in [5.41, 5.74) is -0.254. The minimum atomic E-state index is -1.38. The van der Waals surface area contributed by atoms with Crippen LogP contribution in [0.2, 0.25) is 0 Å². The molecule has 1 aliphatic heterocycles. The highest BCUT2D eigenvalue weighted by Gasteiger charge is 2.15. The van der Waals surface area contributed by atoms with E-state index in [1.165, 1.54) is 6.07 Å². The van der Waals surface area contributed by atoms with Crippen LogP contribution < -0.4 is 10.6 Å². The van der Waals surface area contributed by atoms with Gasteiger partial charge in [-0.15, -0.1) is 0 Å². The van der Waals surface area contributed by atoms with Gasteiger partial charge in [-0.1, -0.05) is 0 Å². The second-order valence-electron chi connectivity index (χ2n) is 4.80. The fourth-order valence-electron chi connectivity index (χ4n) is 2.16. The number of carboxylic acids is 1. The van der Waals surface area contributed by atoms with Gasteiger partial charge in [0, 0.05) is 18.8 Å². The highest BCUT2D eigenvalue weighted by molar-refractivity contribution is 5.93. The van der Waals surface area contributed by atoms with Crippen molar-refractivity contribution in [3.63, 3.8) is 0 Å². The Labute approximate surface area is 121 Å². The lowest BCUT2D eigenvalue weighted by Crippen LogP contribution is -2.31. The Balaban J connectivity index is 1.81. The minimum absolute atomic E-state index is 0.190. The molecule has 7 heteroatoms. The van der Waals surface area contributed by atoms with Crippen LogP contribution in [0.15, 0.2) is 18.2 Å². The average molecular weight is 296 g/mol. The number of ether oxygens (including phenoxy) is 1. The molecule has 3 N–H and O–H groups in total. The number of urea groups is 1. The van der Waals surface area contributed by atoms with E-state index in [2.05, 4.69) is 10.6 Å². The first-order chi connectivity index (χ1) is 10.1. The smallest absolute Gasteiger partial charge is 0.338 e. The SMILES string of the molecule is O=C(NCCC1CCCO1)Nc1ccc(F)c(C(=O)O)c1. The monoisotopic (exact) mass is 296 g/mol. The van der Waals surface area contributed by atoms with Gasteiger partial charge in [0.2, 0.25) is 0 Å². The number of hydrogen-bond acceptors (Lipinski definition) is 3. The number of carbonyl (C=O) groups excluding carboxylic acids is 1. The summed E-state index contributed by atoms with van der Waals surface area (Å²) < 4.78 is 18.6. The molecule has 1 aliphatic rings. The normalized spacial score (nSPS) is 17.5. The molecule has 114 valence electrons. The molecule has 0 aromatic heterocycles. The van der Waals surface area contributed by atoms with Crippen molar-refractivity contribution in [3.05, 3.63) is 29.6 Å². The zero-order chi connectivity index (χ0) is 15.2. The Morgan fingerprint density at radius 2 is 2.24 bits per heavy atom. The lowest BCUT2D eigenvalue weighted by atomic mass is 10.2. The number of benzene rings is 1. The average Bonchev–Trinajstić information content (AvgIpc) is 2.94. The highest BCUT2D eigenvalue weighted by atomic mass is 19.1. The maximum Gasteiger partial charge on any atom is 0.338 e. The van der Waals surface area contributed by atoms with Crippen LogP contribution in [-0.4, -0.2) is 36.4 Å². The number of rotatable bonds is 5. The molecular formula is C14H17FN2O4. The Kier molecular flexibility index (Phi) is 5.10. The standard InChI is InChI=1S/C14H17FN2O4/c15-12-4-3-9(8-11(12)13(18)19)17-14(20)16-6-5-10-2-1-7-21-10/h3-4,8,10H,1-2,5-7H2,(H,18,19)(H2,16,17,20). The summed E-state index contributed by atoms with van der Waals surface area (Å²) >= 11 is 0. The lowest BCUT2D eigenvalue weighted by molar-refractivity contribution is 0.0692. The first-order valence-corrected chi connectivity index (χ1v) is 6.75. The molecule has 1 saturated heterocycles. The summed E-state index contributed by atoms with van der Waals surface area (Å²) in [6.07, 6.45) is 2.97. The third-order valence-corrected chi connectivity index (χ3v) is 3.23. The molecule has 0 aliphatic carbocycles. The maximum atomic E-state index is 13.2. The fourth-order valence-corrected chi connectivity index (χ4v) is 2.16. The van der Waals surface area contributed by atoms with E-state index in [-0.39, 0.29) is 11.8 Å². The van der Waals surface area contributed by atoms with Gasteiger partial charge < -0.3 is 20.5 Å². The molecule has 2 rings (SSSR count). The molecule has 0 spiro atoms. The van der Waals surface area contributed by atoms with Gasteiger partial charge in [0.05, 0.1) is 11.7 Å². The van der Waals surface area contributed by atoms with Gasteiger partial charge in [0.25, 0.3) is 0 Å². The molecule has 0 bridgehead atoms. The van der Waals surface area contributed by atoms with E-state index in [0.717, 1.165) is 38.0 Å². The van der Waals surface area contributed by atoms with Gasteiger partial charge in [0.1, 0.15) is 5.82 Å². The molecule has 0 saturated carbocycles. The third kappa shape index (κ3) is 4.42. The first-order valence-electron chi connectivity index (χ1n) is 6.75. The third-order valence-electron chi connectivity index (χ3n) is 3.23. The molecule has 1 unspecified atom stereocenters. The van der Waals surface area contributed by atoms with Gasteiger partial charge in [-0.25, -0.2) is 14.0 Å². The van der Waals surface area contributed by atoms with Crippen LogP contribution in [0.25, 0.3) is 0 Å². The van der Waals surface area contributed by atoms with Gasteiger partial charge in [0.15, 0.2) is 0 Å². The molecule has 21 heavy (non-hydrogen) atoms. The number of anilines is 1. The highest BCUT2D eigenvalue weighted by Crippen LogP contribution is 2.15. The topological polar surface area (TPSA) is 87.7 Å². The van der Waals surface area contributed by atoms with E-state index in [0.29, 0.717) is 6.54 Å². The minimum Gasteiger partial charge on any atom is -0.478 e. The predicted molar refractivity (Wildman–Crippen MR) is 74.0 cm³/mol. The van der Waals surface area contributed by atoms with E-state index >= 15 is 0 Å².